The highest BCUT2D eigenvalue weighted by atomic mass is 32.1. The Morgan fingerprint density at radius 3 is 2.70 bits per heavy atom. The quantitative estimate of drug-likeness (QED) is 0.855. The van der Waals surface area contributed by atoms with Crippen LogP contribution in [0, 0.1) is 20.8 Å². The van der Waals surface area contributed by atoms with E-state index >= 15 is 0 Å². The van der Waals surface area contributed by atoms with Crippen LogP contribution in [-0.4, -0.2) is 48.5 Å². The van der Waals surface area contributed by atoms with Crippen molar-refractivity contribution in [3.05, 3.63) is 46.0 Å². The number of hydrogen-bond donors (Lipinski definition) is 1. The Morgan fingerprint density at radius 1 is 1.19 bits per heavy atom. The van der Waals surface area contributed by atoms with Gasteiger partial charge in [-0.15, -0.1) is 11.3 Å². The molecular weight excluding hydrogens is 356 g/mol. The normalized spacial score (nSPS) is 16.8. The molecule has 1 unspecified atom stereocenters. The van der Waals surface area contributed by atoms with Gasteiger partial charge in [0.05, 0.1) is 18.3 Å². The van der Waals surface area contributed by atoms with Crippen molar-refractivity contribution in [3.63, 3.8) is 0 Å². The third-order valence-electron chi connectivity index (χ3n) is 5.24. The van der Waals surface area contributed by atoms with E-state index in [1.807, 2.05) is 6.92 Å². The van der Waals surface area contributed by atoms with Gasteiger partial charge in [0.1, 0.15) is 0 Å². The lowest BCUT2D eigenvalue weighted by molar-refractivity contribution is -0.122. The van der Waals surface area contributed by atoms with Gasteiger partial charge in [-0.05, 0) is 50.8 Å². The van der Waals surface area contributed by atoms with E-state index in [4.69, 9.17) is 0 Å². The molecule has 1 aliphatic heterocycles. The summed E-state index contributed by atoms with van der Waals surface area (Å²) in [6.07, 6.45) is 1.05. The minimum absolute atomic E-state index is 0.0265. The van der Waals surface area contributed by atoms with Crippen molar-refractivity contribution < 1.29 is 4.79 Å². The number of carbonyl (C=O) groups excluding carboxylic acids is 1. The smallest absolute Gasteiger partial charge is 0.234 e. The van der Waals surface area contributed by atoms with Crippen molar-refractivity contribution in [2.24, 2.45) is 0 Å². The van der Waals surface area contributed by atoms with Crippen LogP contribution in [0.25, 0.3) is 0 Å². The number of thiazole rings is 1. The van der Waals surface area contributed by atoms with Crippen molar-refractivity contribution in [1.29, 1.82) is 0 Å². The molecule has 1 atom stereocenters. The Labute approximate surface area is 166 Å². The molecule has 6 heteroatoms. The fourth-order valence-corrected chi connectivity index (χ4v) is 4.27. The Bertz CT molecular complexity index is 788. The molecule has 0 radical (unpaired) electrons. The highest BCUT2D eigenvalue weighted by molar-refractivity contribution is 7.13. The van der Waals surface area contributed by atoms with Gasteiger partial charge in [-0.1, -0.05) is 18.2 Å². The predicted octanol–water partition coefficient (Wildman–Crippen LogP) is 3.46. The van der Waals surface area contributed by atoms with Crippen LogP contribution in [0.15, 0.2) is 23.6 Å². The largest absolute Gasteiger partial charge is 0.348 e. The summed E-state index contributed by atoms with van der Waals surface area (Å²) < 4.78 is 0. The number of carbonyl (C=O) groups is 1. The van der Waals surface area contributed by atoms with Gasteiger partial charge >= 0.3 is 0 Å². The van der Waals surface area contributed by atoms with E-state index in [9.17, 15) is 4.79 Å². The summed E-state index contributed by atoms with van der Waals surface area (Å²) in [5.41, 5.74) is 4.78. The topological polar surface area (TPSA) is 48.5 Å². The first kappa shape index (κ1) is 19.8. The molecule has 1 aromatic carbocycles. The molecule has 0 saturated carbocycles. The maximum atomic E-state index is 12.5. The first-order valence-corrected chi connectivity index (χ1v) is 10.6. The second-order valence-electron chi connectivity index (χ2n) is 7.52. The number of benzene rings is 1. The summed E-state index contributed by atoms with van der Waals surface area (Å²) in [7, 11) is 0. The third kappa shape index (κ3) is 5.30. The molecule has 1 aromatic heterocycles. The fourth-order valence-electron chi connectivity index (χ4n) is 3.41. The second-order valence-corrected chi connectivity index (χ2v) is 8.36. The van der Waals surface area contributed by atoms with E-state index in [0.717, 1.165) is 49.0 Å². The molecule has 146 valence electrons. The second kappa shape index (κ2) is 8.85. The zero-order chi connectivity index (χ0) is 19.4. The summed E-state index contributed by atoms with van der Waals surface area (Å²) in [6, 6.07) is 6.42. The molecule has 0 aliphatic carbocycles. The molecule has 2 heterocycles. The average molecular weight is 387 g/mol. The Morgan fingerprint density at radius 2 is 2.00 bits per heavy atom. The number of aryl methyl sites for hydroxylation is 3. The van der Waals surface area contributed by atoms with Gasteiger partial charge in [0.25, 0.3) is 0 Å². The van der Waals surface area contributed by atoms with Gasteiger partial charge in [-0.2, -0.15) is 0 Å². The molecule has 5 nitrogen and oxygen atoms in total. The van der Waals surface area contributed by atoms with Crippen LogP contribution in [0.4, 0.5) is 5.13 Å². The molecule has 1 saturated heterocycles. The van der Waals surface area contributed by atoms with Crippen LogP contribution in [0.1, 0.15) is 41.8 Å². The first-order valence-electron chi connectivity index (χ1n) is 9.68. The molecule has 0 spiro atoms. The van der Waals surface area contributed by atoms with Crippen LogP contribution in [-0.2, 0) is 4.79 Å². The number of rotatable bonds is 5. The molecule has 1 aliphatic rings. The van der Waals surface area contributed by atoms with Crippen molar-refractivity contribution >= 4 is 22.4 Å². The molecule has 1 fully saturated rings. The highest BCUT2D eigenvalue weighted by Gasteiger charge is 2.19. The zero-order valence-corrected chi connectivity index (χ0v) is 17.6. The fraction of sp³-hybridized carbons (Fsp3) is 0.524. The zero-order valence-electron chi connectivity index (χ0n) is 16.8. The van der Waals surface area contributed by atoms with Crippen LogP contribution < -0.4 is 10.2 Å². The number of nitrogens with zero attached hydrogens (tertiary/aromatic N) is 3. The Hall–Kier alpha value is -1.92. The number of aromatic nitrogens is 1. The maximum Gasteiger partial charge on any atom is 0.234 e. The van der Waals surface area contributed by atoms with Crippen molar-refractivity contribution in [1.82, 2.24) is 15.2 Å². The van der Waals surface area contributed by atoms with Crippen molar-refractivity contribution in [2.45, 2.75) is 40.2 Å². The van der Waals surface area contributed by atoms with Crippen LogP contribution in [0.5, 0.6) is 0 Å². The predicted molar refractivity (Wildman–Crippen MR) is 113 cm³/mol. The maximum absolute atomic E-state index is 12.5. The number of anilines is 1. The van der Waals surface area contributed by atoms with Crippen LogP contribution in [0.2, 0.25) is 0 Å². The first-order chi connectivity index (χ1) is 12.9. The molecule has 3 rings (SSSR count). The third-order valence-corrected chi connectivity index (χ3v) is 6.26. The lowest BCUT2D eigenvalue weighted by Crippen LogP contribution is -2.40. The summed E-state index contributed by atoms with van der Waals surface area (Å²) in [5.74, 6) is 0.0965. The van der Waals surface area contributed by atoms with Crippen LogP contribution >= 0.6 is 11.3 Å². The summed E-state index contributed by atoms with van der Waals surface area (Å²) in [5, 5.41) is 6.35. The molecular formula is C21H30N4OS. The summed E-state index contributed by atoms with van der Waals surface area (Å²) in [6.45, 7) is 12.5. The SMILES string of the molecule is Cc1csc(N2CCCN(CC(=O)NC(C)c3ccc(C)c(C)c3)CC2)n1. The van der Waals surface area contributed by atoms with Gasteiger partial charge in [-0.25, -0.2) is 4.98 Å². The summed E-state index contributed by atoms with van der Waals surface area (Å²) in [4.78, 5) is 21.7. The summed E-state index contributed by atoms with van der Waals surface area (Å²) >= 11 is 1.71. The van der Waals surface area contributed by atoms with Gasteiger partial charge in [0.2, 0.25) is 5.91 Å². The molecule has 1 N–H and O–H groups in total. The lowest BCUT2D eigenvalue weighted by Gasteiger charge is -2.22. The average Bonchev–Trinajstić information content (AvgIpc) is 2.92. The Kier molecular flexibility index (Phi) is 6.50. The van der Waals surface area contributed by atoms with Gasteiger partial charge in [-0.3, -0.25) is 9.69 Å². The van der Waals surface area contributed by atoms with Crippen LogP contribution in [0.3, 0.4) is 0 Å². The van der Waals surface area contributed by atoms with Crippen molar-refractivity contribution in [2.75, 3.05) is 37.6 Å². The molecule has 2 aromatic rings. The highest BCUT2D eigenvalue weighted by Crippen LogP contribution is 2.21. The molecule has 0 bridgehead atoms. The van der Waals surface area contributed by atoms with E-state index in [1.54, 1.807) is 11.3 Å². The van der Waals surface area contributed by atoms with E-state index < -0.39 is 0 Å². The van der Waals surface area contributed by atoms with Crippen molar-refractivity contribution in [3.8, 4) is 0 Å². The minimum atomic E-state index is 0.0265. The van der Waals surface area contributed by atoms with E-state index in [2.05, 4.69) is 64.5 Å². The molecule has 27 heavy (non-hydrogen) atoms. The molecule has 1 amide bonds. The standard InChI is InChI=1S/C21H30N4OS/c1-15-6-7-19(12-16(15)2)18(4)23-20(26)13-24-8-5-9-25(11-10-24)21-22-17(3)14-27-21/h6-7,12,14,18H,5,8-11,13H2,1-4H3,(H,23,26). The van der Waals surface area contributed by atoms with E-state index in [0.29, 0.717) is 6.54 Å². The monoisotopic (exact) mass is 386 g/mol. The number of amides is 1. The van der Waals surface area contributed by atoms with E-state index in [1.165, 1.54) is 11.1 Å². The lowest BCUT2D eigenvalue weighted by atomic mass is 10.0. The van der Waals surface area contributed by atoms with Gasteiger partial charge in [0, 0.05) is 31.6 Å². The minimum Gasteiger partial charge on any atom is -0.348 e. The number of hydrogen-bond acceptors (Lipinski definition) is 5. The van der Waals surface area contributed by atoms with E-state index in [-0.39, 0.29) is 11.9 Å². The van der Waals surface area contributed by atoms with Gasteiger partial charge in [0.15, 0.2) is 5.13 Å². The Balaban J connectivity index is 1.51. The van der Waals surface area contributed by atoms with Gasteiger partial charge < -0.3 is 10.2 Å². The number of nitrogens with one attached hydrogen (secondary N) is 1.